The van der Waals surface area contributed by atoms with Crippen molar-refractivity contribution in [2.45, 2.75) is 25.0 Å². The van der Waals surface area contributed by atoms with Crippen LogP contribution in [0.25, 0.3) is 0 Å². The molecular weight excluding hydrogens is 327 g/mol. The molecule has 0 aliphatic carbocycles. The zero-order chi connectivity index (χ0) is 18.2. The Morgan fingerprint density at radius 2 is 1.92 bits per heavy atom. The predicted octanol–water partition coefficient (Wildman–Crippen LogP) is 3.43. The molecule has 0 saturated heterocycles. The summed E-state index contributed by atoms with van der Waals surface area (Å²) in [6.45, 7) is 0. The Hall–Kier alpha value is -2.86. The van der Waals surface area contributed by atoms with E-state index in [1.54, 1.807) is 24.3 Å². The maximum absolute atomic E-state index is 13.5. The molecule has 0 saturated carbocycles. The number of hydrogen-bond acceptors (Lipinski definition) is 4. The molecule has 0 bridgehead atoms. The van der Waals surface area contributed by atoms with E-state index in [9.17, 15) is 19.4 Å². The fourth-order valence-electron chi connectivity index (χ4n) is 2.32. The highest BCUT2D eigenvalue weighted by atomic mass is 19.1. The summed E-state index contributed by atoms with van der Waals surface area (Å²) >= 11 is 0. The van der Waals surface area contributed by atoms with Gasteiger partial charge in [-0.15, -0.1) is 0 Å². The third-order valence-electron chi connectivity index (χ3n) is 3.57. The van der Waals surface area contributed by atoms with Gasteiger partial charge in [0.2, 0.25) is 0 Å². The molecule has 3 N–H and O–H groups in total. The van der Waals surface area contributed by atoms with Crippen LogP contribution in [-0.4, -0.2) is 27.4 Å². The lowest BCUT2D eigenvalue weighted by molar-refractivity contribution is -0.131. The van der Waals surface area contributed by atoms with Crippen molar-refractivity contribution >= 4 is 5.97 Å². The number of carboxylic acid groups (broad SMARTS) is 1. The summed E-state index contributed by atoms with van der Waals surface area (Å²) in [7, 11) is 0. The molecule has 0 amide bonds. The summed E-state index contributed by atoms with van der Waals surface area (Å²) in [6, 6.07) is 12.5. The molecule has 0 aromatic heterocycles. The number of aliphatic hydroxyl groups is 1. The number of phenolic OH excluding ortho intramolecular Hbond substituents is 1. The molecule has 0 fully saturated rings. The van der Waals surface area contributed by atoms with Crippen molar-refractivity contribution in [3.8, 4) is 11.5 Å². The summed E-state index contributed by atoms with van der Waals surface area (Å²) in [6.07, 6.45) is 1.31. The van der Waals surface area contributed by atoms with Gasteiger partial charge in [0.1, 0.15) is 18.0 Å². The topological polar surface area (TPSA) is 87.0 Å². The molecule has 25 heavy (non-hydrogen) atoms. The van der Waals surface area contributed by atoms with Crippen LogP contribution in [0.1, 0.15) is 24.5 Å². The van der Waals surface area contributed by atoms with Crippen molar-refractivity contribution < 1.29 is 29.2 Å². The first-order chi connectivity index (χ1) is 12.0. The molecule has 0 heterocycles. The molecule has 132 valence electrons. The van der Waals surface area contributed by atoms with Crippen molar-refractivity contribution in [3.05, 3.63) is 72.1 Å². The molecule has 2 aromatic rings. The van der Waals surface area contributed by atoms with Crippen LogP contribution in [-0.2, 0) is 4.79 Å². The molecule has 2 aromatic carbocycles. The summed E-state index contributed by atoms with van der Waals surface area (Å²) < 4.78 is 19.3. The van der Waals surface area contributed by atoms with Crippen molar-refractivity contribution in [3.63, 3.8) is 0 Å². The van der Waals surface area contributed by atoms with E-state index in [-0.39, 0.29) is 5.56 Å². The SMILES string of the molecule is O=C(O)/C=C/CC[C@H](Oc1ccccc1)[C@@H](O)c1ccc(O)c(F)c1. The molecule has 6 heteroatoms. The summed E-state index contributed by atoms with van der Waals surface area (Å²) in [5, 5.41) is 28.4. The quantitative estimate of drug-likeness (QED) is 0.638. The molecule has 2 rings (SSSR count). The Labute approximate surface area is 144 Å². The third-order valence-corrected chi connectivity index (χ3v) is 3.57. The normalized spacial score (nSPS) is 13.5. The standard InChI is InChI=1S/C19H19FO5/c20-15-12-13(10-11-16(15)21)19(24)17(8-4-5-9-18(22)23)25-14-6-2-1-3-7-14/h1-3,5-7,9-12,17,19,21,24H,4,8H2,(H,22,23)/b9-5+/t17-,19-/m0/s1. The minimum absolute atomic E-state index is 0.262. The molecule has 0 spiro atoms. The fraction of sp³-hybridized carbons (Fsp3) is 0.211. The maximum atomic E-state index is 13.5. The molecule has 2 atom stereocenters. The van der Waals surface area contributed by atoms with Crippen molar-refractivity contribution in [1.29, 1.82) is 0 Å². The van der Waals surface area contributed by atoms with Crippen LogP contribution in [0.3, 0.4) is 0 Å². The van der Waals surface area contributed by atoms with E-state index >= 15 is 0 Å². The Kier molecular flexibility index (Phi) is 6.54. The molecule has 0 unspecified atom stereocenters. The van der Waals surface area contributed by atoms with Crippen molar-refractivity contribution in [1.82, 2.24) is 0 Å². The first-order valence-corrected chi connectivity index (χ1v) is 7.75. The number of halogens is 1. The number of rotatable bonds is 8. The van der Waals surface area contributed by atoms with E-state index in [0.29, 0.717) is 18.6 Å². The lowest BCUT2D eigenvalue weighted by Crippen LogP contribution is -2.25. The summed E-state index contributed by atoms with van der Waals surface area (Å²) in [4.78, 5) is 10.5. The van der Waals surface area contributed by atoms with Crippen LogP contribution in [0.5, 0.6) is 11.5 Å². The van der Waals surface area contributed by atoms with E-state index in [4.69, 9.17) is 9.84 Å². The molecule has 0 radical (unpaired) electrons. The number of ether oxygens (including phenoxy) is 1. The van der Waals surface area contributed by atoms with Gasteiger partial charge in [-0.1, -0.05) is 30.3 Å². The first-order valence-electron chi connectivity index (χ1n) is 7.75. The van der Waals surface area contributed by atoms with Gasteiger partial charge < -0.3 is 20.1 Å². The summed E-state index contributed by atoms with van der Waals surface area (Å²) in [5.74, 6) is -1.85. The smallest absolute Gasteiger partial charge is 0.327 e. The second-order valence-corrected chi connectivity index (χ2v) is 5.44. The third kappa shape index (κ3) is 5.61. The van der Waals surface area contributed by atoms with Gasteiger partial charge in [-0.25, -0.2) is 9.18 Å². The fourth-order valence-corrected chi connectivity index (χ4v) is 2.32. The van der Waals surface area contributed by atoms with Gasteiger partial charge in [-0.3, -0.25) is 0 Å². The lowest BCUT2D eigenvalue weighted by atomic mass is 10.00. The molecule has 0 aliphatic rings. The Morgan fingerprint density at radius 3 is 2.56 bits per heavy atom. The van der Waals surface area contributed by atoms with E-state index in [0.717, 1.165) is 18.2 Å². The van der Waals surface area contributed by atoms with E-state index < -0.39 is 29.7 Å². The predicted molar refractivity (Wildman–Crippen MR) is 89.9 cm³/mol. The van der Waals surface area contributed by atoms with Gasteiger partial charge in [0.15, 0.2) is 11.6 Å². The zero-order valence-corrected chi connectivity index (χ0v) is 13.4. The number of aliphatic carboxylic acids is 1. The Balaban J connectivity index is 2.16. The average Bonchev–Trinajstić information content (AvgIpc) is 2.60. The van der Waals surface area contributed by atoms with Crippen LogP contribution in [0.15, 0.2) is 60.7 Å². The molecular formula is C19H19FO5. The van der Waals surface area contributed by atoms with Crippen LogP contribution in [0.4, 0.5) is 4.39 Å². The van der Waals surface area contributed by atoms with Gasteiger partial charge in [-0.2, -0.15) is 0 Å². The number of aromatic hydroxyl groups is 1. The zero-order valence-electron chi connectivity index (χ0n) is 13.4. The number of para-hydroxylation sites is 1. The number of carbonyl (C=O) groups is 1. The highest BCUT2D eigenvalue weighted by Gasteiger charge is 2.23. The number of phenols is 1. The number of hydrogen-bond donors (Lipinski definition) is 3. The van der Waals surface area contributed by atoms with Crippen LogP contribution in [0, 0.1) is 5.82 Å². The molecule has 5 nitrogen and oxygen atoms in total. The van der Waals surface area contributed by atoms with Gasteiger partial charge in [0.25, 0.3) is 0 Å². The van der Waals surface area contributed by atoms with E-state index in [1.807, 2.05) is 6.07 Å². The van der Waals surface area contributed by atoms with Gasteiger partial charge >= 0.3 is 5.97 Å². The van der Waals surface area contributed by atoms with E-state index in [2.05, 4.69) is 0 Å². The van der Waals surface area contributed by atoms with Gasteiger partial charge in [-0.05, 0) is 42.7 Å². The monoisotopic (exact) mass is 346 g/mol. The number of benzene rings is 2. The Morgan fingerprint density at radius 1 is 1.20 bits per heavy atom. The summed E-state index contributed by atoms with van der Waals surface area (Å²) in [5.41, 5.74) is 0.262. The van der Waals surface area contributed by atoms with Crippen LogP contribution in [0.2, 0.25) is 0 Å². The number of carboxylic acids is 1. The number of allylic oxidation sites excluding steroid dienone is 1. The first kappa shape index (κ1) is 18.5. The van der Waals surface area contributed by atoms with Crippen LogP contribution >= 0.6 is 0 Å². The van der Waals surface area contributed by atoms with Crippen molar-refractivity contribution in [2.24, 2.45) is 0 Å². The number of aliphatic hydroxyl groups excluding tert-OH is 1. The van der Waals surface area contributed by atoms with Gasteiger partial charge in [0, 0.05) is 6.08 Å². The average molecular weight is 346 g/mol. The molecule has 0 aliphatic heterocycles. The highest BCUT2D eigenvalue weighted by molar-refractivity contribution is 5.79. The maximum Gasteiger partial charge on any atom is 0.327 e. The van der Waals surface area contributed by atoms with Gasteiger partial charge in [0.05, 0.1) is 0 Å². The highest BCUT2D eigenvalue weighted by Crippen LogP contribution is 2.27. The Bertz CT molecular complexity index is 730. The second kappa shape index (κ2) is 8.84. The van der Waals surface area contributed by atoms with Crippen molar-refractivity contribution in [2.75, 3.05) is 0 Å². The second-order valence-electron chi connectivity index (χ2n) is 5.44. The van der Waals surface area contributed by atoms with Crippen LogP contribution < -0.4 is 4.74 Å². The minimum atomic E-state index is -1.14. The lowest BCUT2D eigenvalue weighted by Gasteiger charge is -2.24. The van der Waals surface area contributed by atoms with E-state index in [1.165, 1.54) is 12.1 Å². The minimum Gasteiger partial charge on any atom is -0.505 e. The largest absolute Gasteiger partial charge is 0.505 e.